The lowest BCUT2D eigenvalue weighted by molar-refractivity contribution is -0.111. The van der Waals surface area contributed by atoms with E-state index in [1.165, 1.54) is 6.08 Å². The van der Waals surface area contributed by atoms with Gasteiger partial charge in [-0.05, 0) is 73.4 Å². The maximum absolute atomic E-state index is 12.3. The van der Waals surface area contributed by atoms with E-state index >= 15 is 0 Å². The highest BCUT2D eigenvalue weighted by atomic mass is 16.5. The van der Waals surface area contributed by atoms with Gasteiger partial charge in [-0.3, -0.25) is 4.79 Å². The molecule has 1 amide bonds. The Bertz CT molecular complexity index is 848. The predicted octanol–water partition coefficient (Wildman–Crippen LogP) is 4.92. The molecule has 0 aliphatic carbocycles. The molecule has 0 unspecified atom stereocenters. The van der Waals surface area contributed by atoms with Crippen LogP contribution in [0.15, 0.2) is 42.5 Å². The third-order valence-corrected chi connectivity index (χ3v) is 4.30. The zero-order chi connectivity index (χ0) is 20.5. The van der Waals surface area contributed by atoms with Gasteiger partial charge in [0.2, 0.25) is 5.91 Å². The maximum Gasteiger partial charge on any atom is 0.338 e. The number of amides is 1. The van der Waals surface area contributed by atoms with Gasteiger partial charge in [-0.1, -0.05) is 19.4 Å². The van der Waals surface area contributed by atoms with Crippen molar-refractivity contribution in [3.05, 3.63) is 64.7 Å². The van der Waals surface area contributed by atoms with Crippen LogP contribution in [-0.2, 0) is 9.53 Å². The molecule has 2 aromatic carbocycles. The lowest BCUT2D eigenvalue weighted by atomic mass is 10.0. The average Bonchev–Trinajstić information content (AvgIpc) is 2.67. The molecule has 0 atom stereocenters. The number of nitrogens with one attached hydrogen (secondary N) is 1. The molecule has 5 nitrogen and oxygen atoms in total. The van der Waals surface area contributed by atoms with Gasteiger partial charge < -0.3 is 14.8 Å². The van der Waals surface area contributed by atoms with Crippen LogP contribution in [-0.4, -0.2) is 25.6 Å². The van der Waals surface area contributed by atoms with Gasteiger partial charge in [0.15, 0.2) is 0 Å². The van der Waals surface area contributed by atoms with Crippen molar-refractivity contribution < 1.29 is 19.1 Å². The van der Waals surface area contributed by atoms with Crippen LogP contribution in [0.25, 0.3) is 6.08 Å². The number of rotatable bonds is 8. The summed E-state index contributed by atoms with van der Waals surface area (Å²) < 4.78 is 10.5. The largest absolute Gasteiger partial charge is 0.497 e. The van der Waals surface area contributed by atoms with Gasteiger partial charge in [-0.15, -0.1) is 0 Å². The summed E-state index contributed by atoms with van der Waals surface area (Å²) in [7, 11) is 1.63. The van der Waals surface area contributed by atoms with Gasteiger partial charge >= 0.3 is 5.97 Å². The molecular weight excluding hydrogens is 354 g/mol. The second-order valence-corrected chi connectivity index (χ2v) is 6.57. The summed E-state index contributed by atoms with van der Waals surface area (Å²) in [5, 5.41) is 2.78. The zero-order valence-electron chi connectivity index (χ0n) is 16.9. The summed E-state index contributed by atoms with van der Waals surface area (Å²) in [5.41, 5.74) is 3.99. The number of benzene rings is 2. The summed E-state index contributed by atoms with van der Waals surface area (Å²) >= 11 is 0. The second kappa shape index (κ2) is 10.3. The summed E-state index contributed by atoms with van der Waals surface area (Å²) in [5.74, 6) is 0.134. The molecular formula is C23H27NO4. The van der Waals surface area contributed by atoms with Crippen LogP contribution in [0.4, 0.5) is 5.69 Å². The van der Waals surface area contributed by atoms with Gasteiger partial charge in [0, 0.05) is 11.8 Å². The number of hydrogen-bond acceptors (Lipinski definition) is 4. The molecule has 0 aliphatic rings. The van der Waals surface area contributed by atoms with E-state index in [4.69, 9.17) is 9.47 Å². The van der Waals surface area contributed by atoms with E-state index in [9.17, 15) is 9.59 Å². The highest BCUT2D eigenvalue weighted by Crippen LogP contribution is 2.22. The summed E-state index contributed by atoms with van der Waals surface area (Å²) in [6, 6.07) is 10.6. The Balaban J connectivity index is 2.04. The van der Waals surface area contributed by atoms with Crippen LogP contribution in [0.3, 0.4) is 0 Å². The fourth-order valence-corrected chi connectivity index (χ4v) is 2.78. The first-order chi connectivity index (χ1) is 13.4. The van der Waals surface area contributed by atoms with Crippen LogP contribution in [0, 0.1) is 13.8 Å². The van der Waals surface area contributed by atoms with Crippen LogP contribution < -0.4 is 10.1 Å². The van der Waals surface area contributed by atoms with E-state index in [1.807, 2.05) is 32.9 Å². The Kier molecular flexibility index (Phi) is 7.81. The fraction of sp³-hybridized carbons (Fsp3) is 0.304. The molecule has 0 aromatic heterocycles. The van der Waals surface area contributed by atoms with Crippen molar-refractivity contribution in [1.82, 2.24) is 0 Å². The first kappa shape index (κ1) is 21.2. The number of ether oxygens (including phenoxy) is 2. The Morgan fingerprint density at radius 2 is 1.82 bits per heavy atom. The number of carbonyl (C=O) groups excluding carboxylic acids is 2. The van der Waals surface area contributed by atoms with E-state index in [1.54, 1.807) is 37.5 Å². The highest BCUT2D eigenvalue weighted by molar-refractivity contribution is 6.02. The Morgan fingerprint density at radius 3 is 2.46 bits per heavy atom. The molecule has 0 aliphatic heterocycles. The van der Waals surface area contributed by atoms with Crippen LogP contribution >= 0.6 is 0 Å². The molecule has 28 heavy (non-hydrogen) atoms. The molecule has 1 N–H and O–H groups in total. The monoisotopic (exact) mass is 381 g/mol. The topological polar surface area (TPSA) is 64.6 Å². The molecule has 0 bridgehead atoms. The minimum Gasteiger partial charge on any atom is -0.497 e. The van der Waals surface area contributed by atoms with Crippen LogP contribution in [0.1, 0.15) is 46.8 Å². The van der Waals surface area contributed by atoms with Crippen molar-refractivity contribution in [2.75, 3.05) is 19.0 Å². The molecule has 0 saturated carbocycles. The van der Waals surface area contributed by atoms with E-state index in [0.29, 0.717) is 17.9 Å². The number of anilines is 1. The quantitative estimate of drug-likeness (QED) is 0.400. The van der Waals surface area contributed by atoms with E-state index < -0.39 is 0 Å². The minimum absolute atomic E-state index is 0.272. The normalized spacial score (nSPS) is 10.7. The molecule has 0 radical (unpaired) electrons. The number of esters is 1. The number of carbonyl (C=O) groups is 2. The molecule has 0 fully saturated rings. The first-order valence-electron chi connectivity index (χ1n) is 9.36. The fourth-order valence-electron chi connectivity index (χ4n) is 2.78. The lowest BCUT2D eigenvalue weighted by Crippen LogP contribution is -2.10. The Labute approximate surface area is 166 Å². The standard InChI is InChI=1S/C23H27NO4/c1-5-6-12-28-23(26)18-8-7-9-19(15-18)24-22(25)11-10-21-16(2)13-20(27-4)14-17(21)3/h7-11,13-15H,5-6,12H2,1-4H3,(H,24,25)/b11-10+. The SMILES string of the molecule is CCCCOC(=O)c1cccc(NC(=O)/C=C/c2c(C)cc(OC)cc2C)c1. The molecule has 0 spiro atoms. The number of hydrogen-bond donors (Lipinski definition) is 1. The van der Waals surface area contributed by atoms with Crippen molar-refractivity contribution >= 4 is 23.6 Å². The van der Waals surface area contributed by atoms with Gasteiger partial charge in [0.1, 0.15) is 5.75 Å². The Hall–Kier alpha value is -3.08. The summed E-state index contributed by atoms with van der Waals surface area (Å²) in [4.78, 5) is 24.3. The van der Waals surface area contributed by atoms with Crippen molar-refractivity contribution in [3.8, 4) is 5.75 Å². The van der Waals surface area contributed by atoms with E-state index in [0.717, 1.165) is 35.3 Å². The smallest absolute Gasteiger partial charge is 0.338 e. The van der Waals surface area contributed by atoms with Crippen molar-refractivity contribution in [2.45, 2.75) is 33.6 Å². The maximum atomic E-state index is 12.3. The average molecular weight is 381 g/mol. The van der Waals surface area contributed by atoms with Crippen molar-refractivity contribution in [2.24, 2.45) is 0 Å². The van der Waals surface area contributed by atoms with E-state index in [-0.39, 0.29) is 11.9 Å². The molecule has 2 aromatic rings. The Morgan fingerprint density at radius 1 is 1.11 bits per heavy atom. The molecule has 148 valence electrons. The zero-order valence-corrected chi connectivity index (χ0v) is 16.9. The lowest BCUT2D eigenvalue weighted by Gasteiger charge is -2.09. The predicted molar refractivity (Wildman–Crippen MR) is 112 cm³/mol. The highest BCUT2D eigenvalue weighted by Gasteiger charge is 2.09. The molecule has 5 heteroatoms. The number of unbranched alkanes of at least 4 members (excludes halogenated alkanes) is 1. The molecule has 2 rings (SSSR count). The first-order valence-corrected chi connectivity index (χ1v) is 9.36. The van der Waals surface area contributed by atoms with Crippen molar-refractivity contribution in [1.29, 1.82) is 0 Å². The van der Waals surface area contributed by atoms with Gasteiger partial charge in [-0.2, -0.15) is 0 Å². The van der Waals surface area contributed by atoms with Gasteiger partial charge in [0.25, 0.3) is 0 Å². The van der Waals surface area contributed by atoms with E-state index in [2.05, 4.69) is 5.32 Å². The van der Waals surface area contributed by atoms with Crippen LogP contribution in [0.2, 0.25) is 0 Å². The number of methoxy groups -OCH3 is 1. The summed E-state index contributed by atoms with van der Waals surface area (Å²) in [6.07, 6.45) is 5.05. The third kappa shape index (κ3) is 5.98. The molecule has 0 heterocycles. The second-order valence-electron chi connectivity index (χ2n) is 6.57. The third-order valence-electron chi connectivity index (χ3n) is 4.30. The van der Waals surface area contributed by atoms with Crippen molar-refractivity contribution in [3.63, 3.8) is 0 Å². The van der Waals surface area contributed by atoms with Crippen LogP contribution in [0.5, 0.6) is 5.75 Å². The minimum atomic E-state index is -0.385. The molecule has 0 saturated heterocycles. The van der Waals surface area contributed by atoms with Gasteiger partial charge in [0.05, 0.1) is 19.3 Å². The number of aryl methyl sites for hydroxylation is 2. The van der Waals surface area contributed by atoms with Gasteiger partial charge in [-0.25, -0.2) is 4.79 Å². The summed E-state index contributed by atoms with van der Waals surface area (Å²) in [6.45, 7) is 6.38.